The Morgan fingerprint density at radius 1 is 0.933 bits per heavy atom. The summed E-state index contributed by atoms with van der Waals surface area (Å²) in [6.45, 7) is 7.12. The van der Waals surface area contributed by atoms with Gasteiger partial charge >= 0.3 is 10.1 Å². The van der Waals surface area contributed by atoms with Gasteiger partial charge in [0.05, 0.1) is 33.0 Å². The van der Waals surface area contributed by atoms with Gasteiger partial charge in [0.1, 0.15) is 17.3 Å². The van der Waals surface area contributed by atoms with Crippen molar-refractivity contribution in [2.45, 2.75) is 38.6 Å². The molecule has 0 spiro atoms. The zero-order chi connectivity index (χ0) is 21.8. The lowest BCUT2D eigenvalue weighted by Crippen LogP contribution is -2.17. The molecule has 30 heavy (non-hydrogen) atoms. The molecule has 1 unspecified atom stereocenters. The van der Waals surface area contributed by atoms with Crippen LogP contribution in [0.15, 0.2) is 53.4 Å². The van der Waals surface area contributed by atoms with E-state index in [4.69, 9.17) is 23.1 Å². The first kappa shape index (κ1) is 24.3. The quantitative estimate of drug-likeness (QED) is 0.253. The Hall–Kier alpha value is -1.97. The third-order valence-corrected chi connectivity index (χ3v) is 5.46. The molecule has 0 aliphatic carbocycles. The highest BCUT2D eigenvalue weighted by Crippen LogP contribution is 2.26. The summed E-state index contributed by atoms with van der Waals surface area (Å²) in [6, 6.07) is 14.7. The van der Waals surface area contributed by atoms with Crippen molar-refractivity contribution in [3.63, 3.8) is 0 Å². The lowest BCUT2D eigenvalue weighted by molar-refractivity contribution is -0.146. The van der Waals surface area contributed by atoms with Gasteiger partial charge in [-0.3, -0.25) is 4.18 Å². The predicted octanol–water partition coefficient (Wildman–Crippen LogP) is 3.70. The second kappa shape index (κ2) is 12.7. The van der Waals surface area contributed by atoms with Crippen molar-refractivity contribution in [3.8, 4) is 5.75 Å². The monoisotopic (exact) mass is 438 g/mol. The van der Waals surface area contributed by atoms with E-state index in [1.54, 1.807) is 19.1 Å². The first-order valence-corrected chi connectivity index (χ1v) is 11.3. The molecule has 0 aliphatic rings. The van der Waals surface area contributed by atoms with E-state index in [-0.39, 0.29) is 30.1 Å². The fourth-order valence-corrected chi connectivity index (χ4v) is 3.61. The van der Waals surface area contributed by atoms with Crippen LogP contribution < -0.4 is 4.74 Å². The molecular weight excluding hydrogens is 408 g/mol. The molecule has 0 saturated heterocycles. The third kappa shape index (κ3) is 8.41. The first-order chi connectivity index (χ1) is 14.4. The molecule has 1 atom stereocenters. The molecule has 0 N–H and O–H groups in total. The van der Waals surface area contributed by atoms with Crippen LogP contribution in [-0.2, 0) is 35.1 Å². The summed E-state index contributed by atoms with van der Waals surface area (Å²) in [6.07, 6.45) is -0.344. The summed E-state index contributed by atoms with van der Waals surface area (Å²) in [5.74, 6) is 0.256. The number of rotatable bonds is 14. The molecule has 166 valence electrons. The molecule has 8 heteroatoms. The van der Waals surface area contributed by atoms with Crippen LogP contribution in [-0.4, -0.2) is 47.7 Å². The number of aryl methyl sites for hydroxylation is 1. The zero-order valence-electron chi connectivity index (χ0n) is 17.7. The van der Waals surface area contributed by atoms with Gasteiger partial charge in [0, 0.05) is 0 Å². The smallest absolute Gasteiger partial charge is 0.300 e. The van der Waals surface area contributed by atoms with Gasteiger partial charge in [-0.1, -0.05) is 36.4 Å². The Morgan fingerprint density at radius 3 is 2.40 bits per heavy atom. The van der Waals surface area contributed by atoms with Crippen LogP contribution in [0.2, 0.25) is 0 Å². The van der Waals surface area contributed by atoms with Crippen LogP contribution in [0.3, 0.4) is 0 Å². The van der Waals surface area contributed by atoms with Crippen molar-refractivity contribution >= 4 is 10.1 Å². The molecule has 2 aromatic carbocycles. The maximum atomic E-state index is 12.2. The summed E-state index contributed by atoms with van der Waals surface area (Å²) in [4.78, 5) is 0.0164. The molecule has 0 amide bonds. The predicted molar refractivity (Wildman–Crippen MR) is 113 cm³/mol. The largest absolute Gasteiger partial charge is 0.490 e. The number of ether oxygens (including phenoxy) is 4. The minimum absolute atomic E-state index is 0.0164. The summed E-state index contributed by atoms with van der Waals surface area (Å²) >= 11 is 0. The Balaban J connectivity index is 1.65. The van der Waals surface area contributed by atoms with Crippen LogP contribution in [0, 0.1) is 6.92 Å². The Labute approximate surface area is 179 Å². The summed E-state index contributed by atoms with van der Waals surface area (Å²) in [5, 5.41) is 0. The van der Waals surface area contributed by atoms with Gasteiger partial charge in [0.25, 0.3) is 0 Å². The summed E-state index contributed by atoms with van der Waals surface area (Å²) in [7, 11) is -3.84. The number of hydrogen-bond donors (Lipinski definition) is 0. The van der Waals surface area contributed by atoms with Crippen molar-refractivity contribution in [2.24, 2.45) is 0 Å². The average Bonchev–Trinajstić information content (AvgIpc) is 2.72. The van der Waals surface area contributed by atoms with E-state index in [0.717, 1.165) is 11.1 Å². The summed E-state index contributed by atoms with van der Waals surface area (Å²) in [5.41, 5.74) is 1.97. The topological polar surface area (TPSA) is 80.3 Å². The van der Waals surface area contributed by atoms with Crippen molar-refractivity contribution < 1.29 is 31.5 Å². The van der Waals surface area contributed by atoms with Gasteiger partial charge in [-0.25, -0.2) is 0 Å². The second-order valence-electron chi connectivity index (χ2n) is 6.51. The molecule has 7 nitrogen and oxygen atoms in total. The van der Waals surface area contributed by atoms with Gasteiger partial charge in [-0.2, -0.15) is 8.42 Å². The SMILES string of the molecule is CCOS(=O)(=O)c1ccc(C)cc1OCCOCCOC(C)OCc1ccccc1. The average molecular weight is 439 g/mol. The van der Waals surface area contributed by atoms with E-state index in [9.17, 15) is 8.42 Å². The minimum atomic E-state index is -3.84. The van der Waals surface area contributed by atoms with E-state index in [1.165, 1.54) is 6.07 Å². The van der Waals surface area contributed by atoms with Crippen LogP contribution in [0.5, 0.6) is 5.75 Å². The van der Waals surface area contributed by atoms with E-state index in [2.05, 4.69) is 0 Å². The van der Waals surface area contributed by atoms with Crippen LogP contribution in [0.25, 0.3) is 0 Å². The minimum Gasteiger partial charge on any atom is -0.490 e. The zero-order valence-corrected chi connectivity index (χ0v) is 18.5. The highest BCUT2D eigenvalue weighted by atomic mass is 32.2. The molecule has 2 rings (SSSR count). The first-order valence-electron chi connectivity index (χ1n) is 9.90. The highest BCUT2D eigenvalue weighted by molar-refractivity contribution is 7.86. The Morgan fingerprint density at radius 2 is 1.67 bits per heavy atom. The molecule has 0 radical (unpaired) electrons. The molecule has 0 aromatic heterocycles. The molecular formula is C22H30O7S. The summed E-state index contributed by atoms with van der Waals surface area (Å²) < 4.78 is 51.5. The maximum Gasteiger partial charge on any atom is 0.300 e. The lowest BCUT2D eigenvalue weighted by atomic mass is 10.2. The fraction of sp³-hybridized carbons (Fsp3) is 0.455. The Bertz CT molecular complexity index is 853. The second-order valence-corrected chi connectivity index (χ2v) is 8.09. The van der Waals surface area contributed by atoms with E-state index < -0.39 is 10.1 Å². The van der Waals surface area contributed by atoms with Crippen molar-refractivity contribution in [1.29, 1.82) is 0 Å². The van der Waals surface area contributed by atoms with Gasteiger partial charge in [0.2, 0.25) is 0 Å². The fourth-order valence-electron chi connectivity index (χ4n) is 2.57. The van der Waals surface area contributed by atoms with E-state index in [1.807, 2.05) is 44.2 Å². The van der Waals surface area contributed by atoms with E-state index >= 15 is 0 Å². The van der Waals surface area contributed by atoms with Gasteiger partial charge < -0.3 is 18.9 Å². The number of hydrogen-bond acceptors (Lipinski definition) is 7. The van der Waals surface area contributed by atoms with Crippen molar-refractivity contribution in [2.75, 3.05) is 33.0 Å². The third-order valence-electron chi connectivity index (χ3n) is 4.03. The number of benzene rings is 2. The molecule has 2 aromatic rings. The van der Waals surface area contributed by atoms with Crippen LogP contribution in [0.4, 0.5) is 0 Å². The van der Waals surface area contributed by atoms with Gasteiger partial charge in [-0.05, 0) is 44.0 Å². The standard InChI is InChI=1S/C22H30O7S/c1-4-29-30(23,24)22-11-10-18(2)16-21(22)27-15-13-25-12-14-26-19(3)28-17-20-8-6-5-7-9-20/h5-11,16,19H,4,12-15,17H2,1-3H3. The molecule has 0 heterocycles. The van der Waals surface area contributed by atoms with Crippen LogP contribution >= 0.6 is 0 Å². The Kier molecular flexibility index (Phi) is 10.3. The van der Waals surface area contributed by atoms with E-state index in [0.29, 0.717) is 26.4 Å². The molecule has 0 aliphatic heterocycles. The van der Waals surface area contributed by atoms with Crippen LogP contribution in [0.1, 0.15) is 25.0 Å². The van der Waals surface area contributed by atoms with Gasteiger partial charge in [0.15, 0.2) is 6.29 Å². The van der Waals surface area contributed by atoms with Crippen molar-refractivity contribution in [1.82, 2.24) is 0 Å². The molecule has 0 saturated carbocycles. The van der Waals surface area contributed by atoms with Crippen molar-refractivity contribution in [3.05, 3.63) is 59.7 Å². The molecule has 0 fully saturated rings. The lowest BCUT2D eigenvalue weighted by Gasteiger charge is -2.15. The molecule has 0 bridgehead atoms. The maximum absolute atomic E-state index is 12.2. The van der Waals surface area contributed by atoms with Gasteiger partial charge in [-0.15, -0.1) is 0 Å². The highest BCUT2D eigenvalue weighted by Gasteiger charge is 2.20. The normalized spacial score (nSPS) is 12.6.